The molecule has 0 spiro atoms. The third-order valence-corrected chi connectivity index (χ3v) is 4.07. The Morgan fingerprint density at radius 3 is 2.33 bits per heavy atom. The average Bonchev–Trinajstić information content (AvgIpc) is 2.53. The number of nitrogens with zero attached hydrogens (tertiary/aromatic N) is 5. The Hall–Kier alpha value is -2.19. The Morgan fingerprint density at radius 2 is 1.71 bits per heavy atom. The fourth-order valence-electron chi connectivity index (χ4n) is 2.78. The summed E-state index contributed by atoms with van der Waals surface area (Å²) in [5.41, 5.74) is 2.84. The quantitative estimate of drug-likeness (QED) is 0.842. The summed E-state index contributed by atoms with van der Waals surface area (Å²) in [5, 5.41) is 9.00. The molecule has 2 aromatic rings. The first-order chi connectivity index (χ1) is 10.2. The van der Waals surface area contributed by atoms with E-state index >= 15 is 0 Å². The van der Waals surface area contributed by atoms with Gasteiger partial charge in [0.15, 0.2) is 5.82 Å². The summed E-state index contributed by atoms with van der Waals surface area (Å²) in [7, 11) is 0. The fraction of sp³-hybridized carbons (Fsp3) is 0.438. The molecule has 0 N–H and O–H groups in total. The molecule has 1 atom stereocenters. The molecule has 1 fully saturated rings. The minimum Gasteiger partial charge on any atom is -0.353 e. The number of para-hydroxylation sites is 2. The van der Waals surface area contributed by atoms with Crippen molar-refractivity contribution in [3.63, 3.8) is 0 Å². The van der Waals surface area contributed by atoms with Gasteiger partial charge in [-0.15, -0.1) is 0 Å². The van der Waals surface area contributed by atoms with Gasteiger partial charge in [-0.2, -0.15) is 5.26 Å². The minimum absolute atomic E-state index is 0.0177. The number of rotatable bonds is 2. The molecule has 0 saturated carbocycles. The van der Waals surface area contributed by atoms with E-state index in [1.54, 1.807) is 0 Å². The van der Waals surface area contributed by atoms with Crippen LogP contribution in [0, 0.1) is 18.3 Å². The number of hydrogen-bond acceptors (Lipinski definition) is 5. The molecule has 1 saturated heterocycles. The van der Waals surface area contributed by atoms with Gasteiger partial charge in [0.05, 0.1) is 28.8 Å². The lowest BCUT2D eigenvalue weighted by Gasteiger charge is -2.36. The van der Waals surface area contributed by atoms with E-state index in [0.29, 0.717) is 0 Å². The van der Waals surface area contributed by atoms with E-state index in [4.69, 9.17) is 10.2 Å². The fourth-order valence-corrected chi connectivity index (χ4v) is 2.78. The highest BCUT2D eigenvalue weighted by Crippen LogP contribution is 2.21. The zero-order chi connectivity index (χ0) is 14.8. The molecule has 21 heavy (non-hydrogen) atoms. The number of aryl methyl sites for hydroxylation is 1. The molecule has 5 heteroatoms. The maximum absolute atomic E-state index is 9.00. The Morgan fingerprint density at radius 1 is 1.10 bits per heavy atom. The van der Waals surface area contributed by atoms with Crippen LogP contribution in [0.2, 0.25) is 0 Å². The molecule has 2 heterocycles. The highest BCUT2D eigenvalue weighted by atomic mass is 15.3. The van der Waals surface area contributed by atoms with E-state index < -0.39 is 0 Å². The Balaban J connectivity index is 1.82. The SMILES string of the molecule is Cc1nc2ccccc2nc1N1CCN(C(C)C#N)CC1. The topological polar surface area (TPSA) is 56.1 Å². The van der Waals surface area contributed by atoms with Gasteiger partial charge < -0.3 is 4.90 Å². The number of benzene rings is 1. The number of aromatic nitrogens is 2. The summed E-state index contributed by atoms with van der Waals surface area (Å²) in [6.45, 7) is 7.53. The zero-order valence-corrected chi connectivity index (χ0v) is 12.5. The van der Waals surface area contributed by atoms with Gasteiger partial charge in [0, 0.05) is 26.2 Å². The van der Waals surface area contributed by atoms with Crippen LogP contribution in [-0.2, 0) is 0 Å². The zero-order valence-electron chi connectivity index (χ0n) is 12.5. The van der Waals surface area contributed by atoms with Gasteiger partial charge in [0.1, 0.15) is 0 Å². The van der Waals surface area contributed by atoms with Gasteiger partial charge >= 0.3 is 0 Å². The van der Waals surface area contributed by atoms with Gasteiger partial charge in [0.25, 0.3) is 0 Å². The Kier molecular flexibility index (Phi) is 3.72. The summed E-state index contributed by atoms with van der Waals surface area (Å²) in [6.07, 6.45) is 0. The highest BCUT2D eigenvalue weighted by molar-refractivity contribution is 5.76. The van der Waals surface area contributed by atoms with Crippen LogP contribution in [0.1, 0.15) is 12.6 Å². The van der Waals surface area contributed by atoms with Crippen molar-refractivity contribution in [2.24, 2.45) is 0 Å². The van der Waals surface area contributed by atoms with Crippen molar-refractivity contribution in [1.29, 1.82) is 5.26 Å². The van der Waals surface area contributed by atoms with Gasteiger partial charge in [0.2, 0.25) is 0 Å². The first-order valence-electron chi connectivity index (χ1n) is 7.31. The van der Waals surface area contributed by atoms with Gasteiger partial charge in [-0.3, -0.25) is 4.90 Å². The smallest absolute Gasteiger partial charge is 0.150 e. The molecule has 1 aliphatic heterocycles. The van der Waals surface area contributed by atoms with Crippen LogP contribution in [-0.4, -0.2) is 47.1 Å². The molecule has 5 nitrogen and oxygen atoms in total. The predicted octanol–water partition coefficient (Wildman–Crippen LogP) is 1.97. The van der Waals surface area contributed by atoms with E-state index in [2.05, 4.69) is 20.9 Å². The van der Waals surface area contributed by atoms with Crippen LogP contribution in [0.4, 0.5) is 5.82 Å². The summed E-state index contributed by atoms with van der Waals surface area (Å²) < 4.78 is 0. The molecular formula is C16H19N5. The number of hydrogen-bond donors (Lipinski definition) is 0. The van der Waals surface area contributed by atoms with Crippen LogP contribution in [0.3, 0.4) is 0 Å². The lowest BCUT2D eigenvalue weighted by atomic mass is 10.2. The molecular weight excluding hydrogens is 262 g/mol. The predicted molar refractivity (Wildman–Crippen MR) is 83.1 cm³/mol. The van der Waals surface area contributed by atoms with Crippen molar-refractivity contribution in [3.8, 4) is 6.07 Å². The maximum atomic E-state index is 9.00. The second-order valence-corrected chi connectivity index (χ2v) is 5.45. The first kappa shape index (κ1) is 13.8. The monoisotopic (exact) mass is 281 g/mol. The van der Waals surface area contributed by atoms with E-state index in [0.717, 1.165) is 48.7 Å². The van der Waals surface area contributed by atoms with Crippen LogP contribution in [0.25, 0.3) is 11.0 Å². The summed E-state index contributed by atoms with van der Waals surface area (Å²) in [4.78, 5) is 13.9. The van der Waals surface area contributed by atoms with Crippen LogP contribution in [0.15, 0.2) is 24.3 Å². The van der Waals surface area contributed by atoms with Gasteiger partial charge in [-0.1, -0.05) is 12.1 Å². The summed E-state index contributed by atoms with van der Waals surface area (Å²) in [6, 6.07) is 10.3. The first-order valence-corrected chi connectivity index (χ1v) is 7.31. The lowest BCUT2D eigenvalue weighted by molar-refractivity contribution is 0.231. The third-order valence-electron chi connectivity index (χ3n) is 4.07. The largest absolute Gasteiger partial charge is 0.353 e. The van der Waals surface area contributed by atoms with Crippen molar-refractivity contribution in [2.75, 3.05) is 31.1 Å². The number of fused-ring (bicyclic) bond motifs is 1. The van der Waals surface area contributed by atoms with Gasteiger partial charge in [-0.25, -0.2) is 9.97 Å². The van der Waals surface area contributed by atoms with Crippen LogP contribution in [0.5, 0.6) is 0 Å². The third kappa shape index (κ3) is 2.67. The normalized spacial score (nSPS) is 17.7. The Labute approximate surface area is 124 Å². The highest BCUT2D eigenvalue weighted by Gasteiger charge is 2.23. The van der Waals surface area contributed by atoms with E-state index in [9.17, 15) is 0 Å². The molecule has 3 rings (SSSR count). The van der Waals surface area contributed by atoms with Crippen molar-refractivity contribution in [2.45, 2.75) is 19.9 Å². The number of piperazine rings is 1. The molecule has 1 aromatic carbocycles. The average molecular weight is 281 g/mol. The molecule has 0 bridgehead atoms. The molecule has 0 amide bonds. The molecule has 1 unspecified atom stereocenters. The second-order valence-electron chi connectivity index (χ2n) is 5.45. The maximum Gasteiger partial charge on any atom is 0.150 e. The second kappa shape index (κ2) is 5.66. The van der Waals surface area contributed by atoms with E-state index in [1.165, 1.54) is 0 Å². The molecule has 0 radical (unpaired) electrons. The molecule has 108 valence electrons. The lowest BCUT2D eigenvalue weighted by Crippen LogP contribution is -2.49. The van der Waals surface area contributed by atoms with Crippen molar-refractivity contribution in [3.05, 3.63) is 30.0 Å². The van der Waals surface area contributed by atoms with Crippen molar-refractivity contribution in [1.82, 2.24) is 14.9 Å². The number of nitriles is 1. The number of anilines is 1. The van der Waals surface area contributed by atoms with Crippen molar-refractivity contribution < 1.29 is 0 Å². The van der Waals surface area contributed by atoms with Crippen molar-refractivity contribution >= 4 is 16.9 Å². The summed E-state index contributed by atoms with van der Waals surface area (Å²) >= 11 is 0. The minimum atomic E-state index is -0.0177. The standard InChI is InChI=1S/C16H19N5/c1-12(11-17)20-7-9-21(10-8-20)16-13(2)18-14-5-3-4-6-15(14)19-16/h3-6,12H,7-10H2,1-2H3. The Bertz CT molecular complexity index is 683. The van der Waals surface area contributed by atoms with Crippen LogP contribution >= 0.6 is 0 Å². The van der Waals surface area contributed by atoms with Gasteiger partial charge in [-0.05, 0) is 26.0 Å². The molecule has 1 aromatic heterocycles. The summed E-state index contributed by atoms with van der Waals surface area (Å²) in [5.74, 6) is 0.970. The van der Waals surface area contributed by atoms with E-state index in [1.807, 2.05) is 38.1 Å². The van der Waals surface area contributed by atoms with E-state index in [-0.39, 0.29) is 6.04 Å². The van der Waals surface area contributed by atoms with Crippen LogP contribution < -0.4 is 4.90 Å². The molecule has 1 aliphatic rings. The molecule has 0 aliphatic carbocycles.